The molecular formula is C26H34N4O5. The van der Waals surface area contributed by atoms with Gasteiger partial charge in [-0.05, 0) is 43.4 Å². The van der Waals surface area contributed by atoms with Gasteiger partial charge in [-0.15, -0.1) is 0 Å². The van der Waals surface area contributed by atoms with Crippen LogP contribution in [0.5, 0.6) is 11.5 Å². The molecule has 2 amide bonds. The van der Waals surface area contributed by atoms with Crippen LogP contribution in [0, 0.1) is 0 Å². The molecule has 1 aromatic carbocycles. The minimum atomic E-state index is -0.577. The number of hydrogen-bond donors (Lipinski definition) is 1. The fraction of sp³-hybridized carbons (Fsp3) is 0.615. The van der Waals surface area contributed by atoms with E-state index in [1.54, 1.807) is 0 Å². The summed E-state index contributed by atoms with van der Waals surface area (Å²) in [5.41, 5.74) is 0.498. The fourth-order valence-electron chi connectivity index (χ4n) is 5.66. The van der Waals surface area contributed by atoms with Crippen molar-refractivity contribution in [1.82, 2.24) is 20.4 Å². The predicted octanol–water partition coefficient (Wildman–Crippen LogP) is 3.82. The molecule has 1 saturated carbocycles. The molecular weight excluding hydrogens is 448 g/mol. The Labute approximate surface area is 205 Å². The summed E-state index contributed by atoms with van der Waals surface area (Å²) in [6.07, 6.45) is 8.48. The van der Waals surface area contributed by atoms with Gasteiger partial charge in [0.1, 0.15) is 18.8 Å². The zero-order chi connectivity index (χ0) is 24.3. The van der Waals surface area contributed by atoms with Crippen LogP contribution in [-0.2, 0) is 21.5 Å². The highest BCUT2D eigenvalue weighted by molar-refractivity contribution is 5.77. The van der Waals surface area contributed by atoms with Gasteiger partial charge in [-0.25, -0.2) is 0 Å². The Morgan fingerprint density at radius 3 is 2.63 bits per heavy atom. The first kappa shape index (κ1) is 23.6. The standard InChI is InChI=1S/C26H34N4O5/c1-18(31)28-26(12-4-2-3-5-13-26)25-27-23(35-29-25)10-11-24(32)30-14-6-7-20(30)19-8-9-21-22(17-19)34-16-15-33-21/h8-9,17,20H,2-7,10-16H2,1H3,(H,28,31). The van der Waals surface area contributed by atoms with E-state index >= 15 is 0 Å². The van der Waals surface area contributed by atoms with Gasteiger partial charge >= 0.3 is 0 Å². The number of rotatable bonds is 6. The molecule has 9 nitrogen and oxygen atoms in total. The molecule has 1 atom stereocenters. The third kappa shape index (κ3) is 5.13. The Bertz CT molecular complexity index is 1060. The summed E-state index contributed by atoms with van der Waals surface area (Å²) in [6, 6.07) is 6.00. The van der Waals surface area contributed by atoms with Crippen molar-refractivity contribution in [2.75, 3.05) is 19.8 Å². The predicted molar refractivity (Wildman–Crippen MR) is 127 cm³/mol. The van der Waals surface area contributed by atoms with Gasteiger partial charge in [-0.1, -0.05) is 36.9 Å². The normalized spacial score (nSPS) is 21.4. The van der Waals surface area contributed by atoms with Gasteiger partial charge in [0.25, 0.3) is 0 Å². The number of ether oxygens (including phenoxy) is 2. The lowest BCUT2D eigenvalue weighted by Crippen LogP contribution is -2.45. The topological polar surface area (TPSA) is 107 Å². The second kappa shape index (κ2) is 10.3. The molecule has 2 aromatic rings. The molecule has 5 rings (SSSR count). The Hall–Kier alpha value is -3.10. The van der Waals surface area contributed by atoms with Gasteiger partial charge in [0, 0.05) is 26.3 Å². The molecule has 3 heterocycles. The molecule has 188 valence electrons. The maximum Gasteiger partial charge on any atom is 0.227 e. The van der Waals surface area contributed by atoms with Crippen molar-refractivity contribution < 1.29 is 23.6 Å². The number of benzene rings is 1. The largest absolute Gasteiger partial charge is 0.486 e. The lowest BCUT2D eigenvalue weighted by molar-refractivity contribution is -0.132. The van der Waals surface area contributed by atoms with Crippen molar-refractivity contribution in [3.8, 4) is 11.5 Å². The lowest BCUT2D eigenvalue weighted by Gasteiger charge is -2.30. The number of aryl methyl sites for hydroxylation is 1. The monoisotopic (exact) mass is 482 g/mol. The van der Waals surface area contributed by atoms with E-state index in [2.05, 4.69) is 15.5 Å². The van der Waals surface area contributed by atoms with Crippen LogP contribution in [0.4, 0.5) is 0 Å². The Kier molecular flexibility index (Phi) is 6.92. The number of nitrogens with one attached hydrogen (secondary N) is 1. The summed E-state index contributed by atoms with van der Waals surface area (Å²) in [4.78, 5) is 31.7. The van der Waals surface area contributed by atoms with E-state index in [1.807, 2.05) is 23.1 Å². The molecule has 0 spiro atoms. The molecule has 0 radical (unpaired) electrons. The number of amides is 2. The van der Waals surface area contributed by atoms with Crippen LogP contribution in [0.25, 0.3) is 0 Å². The first-order chi connectivity index (χ1) is 17.0. The maximum atomic E-state index is 13.2. The van der Waals surface area contributed by atoms with Crippen LogP contribution in [0.2, 0.25) is 0 Å². The Balaban J connectivity index is 1.24. The van der Waals surface area contributed by atoms with Gasteiger partial charge < -0.3 is 24.2 Å². The van der Waals surface area contributed by atoms with Gasteiger partial charge in [0.15, 0.2) is 17.3 Å². The molecule has 3 aliphatic rings. The van der Waals surface area contributed by atoms with Gasteiger partial charge in [-0.3, -0.25) is 9.59 Å². The first-order valence-corrected chi connectivity index (χ1v) is 12.8. The highest BCUT2D eigenvalue weighted by Crippen LogP contribution is 2.38. The summed E-state index contributed by atoms with van der Waals surface area (Å²) in [7, 11) is 0. The van der Waals surface area contributed by atoms with Crippen LogP contribution in [0.3, 0.4) is 0 Å². The van der Waals surface area contributed by atoms with E-state index in [4.69, 9.17) is 14.0 Å². The number of carbonyl (C=O) groups excluding carboxylic acids is 2. The number of nitrogens with zero attached hydrogens (tertiary/aromatic N) is 3. The Morgan fingerprint density at radius 2 is 1.86 bits per heavy atom. The molecule has 1 aromatic heterocycles. The number of fused-ring (bicyclic) bond motifs is 1. The van der Waals surface area contributed by atoms with Crippen molar-refractivity contribution in [2.24, 2.45) is 0 Å². The zero-order valence-electron chi connectivity index (χ0n) is 20.4. The van der Waals surface area contributed by atoms with Crippen molar-refractivity contribution in [3.05, 3.63) is 35.5 Å². The van der Waals surface area contributed by atoms with Crippen molar-refractivity contribution in [1.29, 1.82) is 0 Å². The molecule has 9 heteroatoms. The summed E-state index contributed by atoms with van der Waals surface area (Å²) in [5, 5.41) is 7.34. The second-order valence-electron chi connectivity index (χ2n) is 9.84. The van der Waals surface area contributed by atoms with E-state index in [9.17, 15) is 9.59 Å². The lowest BCUT2D eigenvalue weighted by atomic mass is 9.89. The van der Waals surface area contributed by atoms with Crippen LogP contribution in [-0.4, -0.2) is 46.6 Å². The number of likely N-dealkylation sites (tertiary alicyclic amines) is 1. The van der Waals surface area contributed by atoms with Crippen molar-refractivity contribution in [2.45, 2.75) is 82.7 Å². The SMILES string of the molecule is CC(=O)NC1(c2noc(CCC(=O)N3CCCC3c3ccc4c(c3)OCCO4)n2)CCCCCC1. The Morgan fingerprint density at radius 1 is 1.09 bits per heavy atom. The summed E-state index contributed by atoms with van der Waals surface area (Å²) < 4.78 is 16.9. The van der Waals surface area contributed by atoms with Crippen LogP contribution < -0.4 is 14.8 Å². The average molecular weight is 483 g/mol. The molecule has 35 heavy (non-hydrogen) atoms. The second-order valence-corrected chi connectivity index (χ2v) is 9.84. The minimum Gasteiger partial charge on any atom is -0.486 e. The van der Waals surface area contributed by atoms with Crippen LogP contribution in [0.15, 0.2) is 22.7 Å². The molecule has 2 fully saturated rings. The summed E-state index contributed by atoms with van der Waals surface area (Å²) in [6.45, 7) is 3.36. The number of carbonyl (C=O) groups is 2. The molecule has 1 unspecified atom stereocenters. The molecule has 2 aliphatic heterocycles. The van der Waals surface area contributed by atoms with E-state index < -0.39 is 5.54 Å². The van der Waals surface area contributed by atoms with E-state index in [1.165, 1.54) is 6.92 Å². The molecule has 0 bridgehead atoms. The van der Waals surface area contributed by atoms with Gasteiger partial charge in [-0.2, -0.15) is 4.98 Å². The van der Waals surface area contributed by atoms with E-state index in [-0.39, 0.29) is 17.9 Å². The molecule has 1 N–H and O–H groups in total. The third-order valence-corrected chi connectivity index (χ3v) is 7.35. The van der Waals surface area contributed by atoms with Crippen molar-refractivity contribution >= 4 is 11.8 Å². The fourth-order valence-corrected chi connectivity index (χ4v) is 5.66. The van der Waals surface area contributed by atoms with Gasteiger partial charge in [0.05, 0.1) is 6.04 Å². The smallest absolute Gasteiger partial charge is 0.227 e. The minimum absolute atomic E-state index is 0.0330. The molecule has 1 saturated heterocycles. The molecule has 1 aliphatic carbocycles. The average Bonchev–Trinajstić information content (AvgIpc) is 3.49. The quantitative estimate of drug-likeness (QED) is 0.624. The van der Waals surface area contributed by atoms with Crippen molar-refractivity contribution in [3.63, 3.8) is 0 Å². The van der Waals surface area contributed by atoms with Crippen LogP contribution >= 0.6 is 0 Å². The number of hydrogen-bond acceptors (Lipinski definition) is 7. The zero-order valence-corrected chi connectivity index (χ0v) is 20.4. The highest BCUT2D eigenvalue weighted by atomic mass is 16.6. The maximum absolute atomic E-state index is 13.2. The first-order valence-electron chi connectivity index (χ1n) is 12.8. The highest BCUT2D eigenvalue weighted by Gasteiger charge is 2.38. The van der Waals surface area contributed by atoms with Gasteiger partial charge in [0.2, 0.25) is 17.7 Å². The van der Waals surface area contributed by atoms with E-state index in [0.717, 1.165) is 75.0 Å². The van der Waals surface area contributed by atoms with E-state index in [0.29, 0.717) is 37.8 Å². The summed E-state index contributed by atoms with van der Waals surface area (Å²) >= 11 is 0. The van der Waals surface area contributed by atoms with Crippen LogP contribution in [0.1, 0.15) is 88.0 Å². The summed E-state index contributed by atoms with van der Waals surface area (Å²) in [5.74, 6) is 2.47. The number of aromatic nitrogens is 2. The third-order valence-electron chi connectivity index (χ3n) is 7.35.